The average Bonchev–Trinajstić information content (AvgIpc) is 2.40. The van der Waals surface area contributed by atoms with Gasteiger partial charge in [0, 0.05) is 19.5 Å². The largest absolute Gasteiger partial charge is 0.394 e. The summed E-state index contributed by atoms with van der Waals surface area (Å²) in [5.74, 6) is 1.21. The summed E-state index contributed by atoms with van der Waals surface area (Å²) in [4.78, 5) is 14.3. The molecule has 0 aromatic carbocycles. The van der Waals surface area contributed by atoms with Crippen molar-refractivity contribution in [3.63, 3.8) is 0 Å². The van der Waals surface area contributed by atoms with E-state index in [1.165, 1.54) is 0 Å². The van der Waals surface area contributed by atoms with Crippen LogP contribution in [0.2, 0.25) is 0 Å². The lowest BCUT2D eigenvalue weighted by atomic mass is 9.88. The van der Waals surface area contributed by atoms with Gasteiger partial charge in [0.25, 0.3) is 0 Å². The van der Waals surface area contributed by atoms with E-state index in [1.54, 1.807) is 0 Å². The molecular weight excluding hydrogens is 268 g/mol. The molecule has 0 bridgehead atoms. The van der Waals surface area contributed by atoms with Crippen molar-refractivity contribution in [1.29, 1.82) is 0 Å². The fourth-order valence-electron chi connectivity index (χ4n) is 3.07. The highest BCUT2D eigenvalue weighted by Gasteiger charge is 2.35. The van der Waals surface area contributed by atoms with E-state index in [2.05, 4.69) is 13.8 Å². The summed E-state index contributed by atoms with van der Waals surface area (Å²) >= 11 is 0. The Bertz CT molecular complexity index is 331. The molecule has 21 heavy (non-hydrogen) atoms. The number of hydrogen-bond donors (Lipinski definition) is 2. The first kappa shape index (κ1) is 18.4. The number of ether oxygens (including phenoxy) is 1. The normalized spacial score (nSPS) is 23.4. The molecule has 1 aliphatic rings. The third-order valence-corrected chi connectivity index (χ3v) is 4.25. The molecule has 1 saturated heterocycles. The minimum atomic E-state index is -0.393. The second-order valence-corrected chi connectivity index (χ2v) is 7.08. The maximum Gasteiger partial charge on any atom is 0.222 e. The van der Waals surface area contributed by atoms with Crippen LogP contribution in [0.5, 0.6) is 0 Å². The van der Waals surface area contributed by atoms with Crippen molar-refractivity contribution in [3.8, 4) is 0 Å². The van der Waals surface area contributed by atoms with E-state index in [0.29, 0.717) is 37.9 Å². The zero-order valence-corrected chi connectivity index (χ0v) is 14.0. The van der Waals surface area contributed by atoms with Crippen molar-refractivity contribution in [1.82, 2.24) is 4.90 Å². The van der Waals surface area contributed by atoms with Gasteiger partial charge < -0.3 is 20.5 Å². The van der Waals surface area contributed by atoms with Gasteiger partial charge in [-0.25, -0.2) is 0 Å². The van der Waals surface area contributed by atoms with Crippen molar-refractivity contribution >= 4 is 5.91 Å². The molecule has 2 atom stereocenters. The number of rotatable bonds is 7. The molecule has 0 saturated carbocycles. The number of hydrogen-bond acceptors (Lipinski definition) is 4. The molecular formula is C16H32N2O3. The molecule has 2 unspecified atom stereocenters. The van der Waals surface area contributed by atoms with Gasteiger partial charge in [0.05, 0.1) is 18.3 Å². The predicted molar refractivity (Wildman–Crippen MR) is 83.9 cm³/mol. The van der Waals surface area contributed by atoms with Crippen LogP contribution >= 0.6 is 0 Å². The number of carbonyl (C=O) groups is 1. The van der Waals surface area contributed by atoms with Crippen LogP contribution in [-0.4, -0.2) is 53.9 Å². The van der Waals surface area contributed by atoms with Gasteiger partial charge in [-0.05, 0) is 45.1 Å². The van der Waals surface area contributed by atoms with E-state index < -0.39 is 5.60 Å². The Morgan fingerprint density at radius 3 is 2.62 bits per heavy atom. The summed E-state index contributed by atoms with van der Waals surface area (Å²) in [6.45, 7) is 9.99. The summed E-state index contributed by atoms with van der Waals surface area (Å²) < 4.78 is 5.75. The highest BCUT2D eigenvalue weighted by atomic mass is 16.5. The monoisotopic (exact) mass is 300 g/mol. The molecule has 5 heteroatoms. The number of morpholine rings is 1. The third-order valence-electron chi connectivity index (χ3n) is 4.25. The zero-order valence-electron chi connectivity index (χ0n) is 14.0. The summed E-state index contributed by atoms with van der Waals surface area (Å²) in [5.41, 5.74) is 5.26. The van der Waals surface area contributed by atoms with Crippen LogP contribution in [0.4, 0.5) is 0 Å². The van der Waals surface area contributed by atoms with Crippen LogP contribution in [0.25, 0.3) is 0 Å². The maximum absolute atomic E-state index is 12.4. The number of aliphatic hydroxyl groups excluding tert-OH is 1. The molecule has 1 heterocycles. The first-order valence-electron chi connectivity index (χ1n) is 8.05. The van der Waals surface area contributed by atoms with E-state index in [9.17, 15) is 9.90 Å². The number of aliphatic hydroxyl groups is 1. The van der Waals surface area contributed by atoms with Crippen molar-refractivity contribution in [2.45, 2.75) is 58.7 Å². The fraction of sp³-hybridized carbons (Fsp3) is 0.938. The van der Waals surface area contributed by atoms with Crippen LogP contribution in [-0.2, 0) is 9.53 Å². The van der Waals surface area contributed by atoms with Crippen molar-refractivity contribution in [3.05, 3.63) is 0 Å². The molecule has 0 spiro atoms. The van der Waals surface area contributed by atoms with Crippen molar-refractivity contribution < 1.29 is 14.6 Å². The Morgan fingerprint density at radius 1 is 1.43 bits per heavy atom. The maximum atomic E-state index is 12.4. The second kappa shape index (κ2) is 8.11. The minimum Gasteiger partial charge on any atom is -0.394 e. The zero-order chi connectivity index (χ0) is 16.0. The van der Waals surface area contributed by atoms with Crippen LogP contribution in [0.1, 0.15) is 47.0 Å². The Kier molecular flexibility index (Phi) is 7.10. The van der Waals surface area contributed by atoms with Gasteiger partial charge in [-0.3, -0.25) is 4.79 Å². The Balaban J connectivity index is 2.54. The number of nitrogens with zero attached hydrogens (tertiary/aromatic N) is 1. The predicted octanol–water partition coefficient (Wildman–Crippen LogP) is 1.39. The average molecular weight is 300 g/mol. The molecule has 0 aromatic heterocycles. The molecule has 124 valence electrons. The first-order valence-corrected chi connectivity index (χ1v) is 8.05. The molecule has 0 aromatic rings. The van der Waals surface area contributed by atoms with Gasteiger partial charge in [-0.1, -0.05) is 13.8 Å². The highest BCUT2D eigenvalue weighted by molar-refractivity contribution is 5.76. The summed E-state index contributed by atoms with van der Waals surface area (Å²) in [5, 5.41) is 9.31. The van der Waals surface area contributed by atoms with E-state index in [-0.39, 0.29) is 18.6 Å². The fourth-order valence-corrected chi connectivity index (χ4v) is 3.07. The lowest BCUT2D eigenvalue weighted by Gasteiger charge is -2.42. The van der Waals surface area contributed by atoms with Crippen molar-refractivity contribution in [2.24, 2.45) is 17.6 Å². The van der Waals surface area contributed by atoms with Crippen LogP contribution < -0.4 is 5.73 Å². The van der Waals surface area contributed by atoms with E-state index in [4.69, 9.17) is 10.5 Å². The van der Waals surface area contributed by atoms with Gasteiger partial charge in [-0.2, -0.15) is 0 Å². The number of amides is 1. The SMILES string of the molecule is CC(C)C(CCN)CCC(=O)N1CC(CO)OC(C)(C)C1. The van der Waals surface area contributed by atoms with E-state index in [1.807, 2.05) is 18.7 Å². The quantitative estimate of drug-likeness (QED) is 0.745. The number of carbonyl (C=O) groups excluding carboxylic acids is 1. The smallest absolute Gasteiger partial charge is 0.222 e. The molecule has 0 radical (unpaired) electrons. The molecule has 1 amide bonds. The van der Waals surface area contributed by atoms with Gasteiger partial charge in [0.1, 0.15) is 0 Å². The van der Waals surface area contributed by atoms with Gasteiger partial charge in [0.2, 0.25) is 5.91 Å². The molecule has 1 fully saturated rings. The van der Waals surface area contributed by atoms with Crippen LogP contribution in [0.3, 0.4) is 0 Å². The molecule has 1 aliphatic heterocycles. The van der Waals surface area contributed by atoms with Crippen LogP contribution in [0, 0.1) is 11.8 Å². The van der Waals surface area contributed by atoms with E-state index in [0.717, 1.165) is 12.8 Å². The van der Waals surface area contributed by atoms with Gasteiger partial charge >= 0.3 is 0 Å². The van der Waals surface area contributed by atoms with Gasteiger partial charge in [-0.15, -0.1) is 0 Å². The first-order chi connectivity index (χ1) is 9.79. The highest BCUT2D eigenvalue weighted by Crippen LogP contribution is 2.24. The summed E-state index contributed by atoms with van der Waals surface area (Å²) in [7, 11) is 0. The number of nitrogens with two attached hydrogens (primary N) is 1. The Hall–Kier alpha value is -0.650. The lowest BCUT2D eigenvalue weighted by molar-refractivity contribution is -0.167. The molecule has 1 rings (SSSR count). The minimum absolute atomic E-state index is 0.0466. The van der Waals surface area contributed by atoms with E-state index >= 15 is 0 Å². The molecule has 0 aliphatic carbocycles. The molecule has 5 nitrogen and oxygen atoms in total. The Morgan fingerprint density at radius 2 is 2.10 bits per heavy atom. The van der Waals surface area contributed by atoms with Gasteiger partial charge in [0.15, 0.2) is 0 Å². The third kappa shape index (κ3) is 5.93. The topological polar surface area (TPSA) is 75.8 Å². The standard InChI is InChI=1S/C16H32N2O3/c1-12(2)13(7-8-17)5-6-15(20)18-9-14(10-19)21-16(3,4)11-18/h12-14,19H,5-11,17H2,1-4H3. The Labute approximate surface area is 128 Å². The summed E-state index contributed by atoms with van der Waals surface area (Å²) in [6.07, 6.45) is 2.13. The second-order valence-electron chi connectivity index (χ2n) is 7.08. The van der Waals surface area contributed by atoms with Crippen LogP contribution in [0.15, 0.2) is 0 Å². The van der Waals surface area contributed by atoms with Crippen molar-refractivity contribution in [2.75, 3.05) is 26.2 Å². The lowest BCUT2D eigenvalue weighted by Crippen LogP contribution is -2.55. The molecule has 3 N–H and O–H groups in total. The summed E-state index contributed by atoms with van der Waals surface area (Å²) in [6, 6.07) is 0.